The van der Waals surface area contributed by atoms with Gasteiger partial charge < -0.3 is 10.3 Å². The van der Waals surface area contributed by atoms with Gasteiger partial charge >= 0.3 is 0 Å². The number of benzene rings is 9. The molecule has 0 spiro atoms. The lowest BCUT2D eigenvalue weighted by Gasteiger charge is -2.14. The number of nitrogens with two attached hydrogens (primary N) is 1. The summed E-state index contributed by atoms with van der Waals surface area (Å²) >= 11 is 0. The smallest absolute Gasteiger partial charge is 0.144 e. The van der Waals surface area contributed by atoms with E-state index in [0.29, 0.717) is 0 Å². The van der Waals surface area contributed by atoms with Gasteiger partial charge in [-0.2, -0.15) is 5.53 Å². The monoisotopic (exact) mass is 713 g/mol. The van der Waals surface area contributed by atoms with E-state index in [-0.39, 0.29) is 0 Å². The summed E-state index contributed by atoms with van der Waals surface area (Å²) in [5.41, 5.74) is 16.4. The molecule has 0 bridgehead atoms. The highest BCUT2D eigenvalue weighted by molar-refractivity contribution is 6.34. The van der Waals surface area contributed by atoms with Crippen molar-refractivity contribution >= 4 is 54.3 Å². The lowest BCUT2D eigenvalue weighted by molar-refractivity contribution is 0.673. The van der Waals surface area contributed by atoms with Gasteiger partial charge in [0.25, 0.3) is 0 Å². The fourth-order valence-corrected chi connectivity index (χ4v) is 7.22. The standard InChI is InChI=1S/C31H20O.C13H12.C7H8.H3N3/c1-19-9-8-10-20(17-19)26-18-27-23-13-3-2-11-21(23)22-12-4-5-14-24(22)29(27)31-30(26)25-15-6-7-16-28(25)32-31;1-11-7-9-13(10-8-11)12-5-3-2-4-6-12;1-7-5-3-2-4-6-7;1-3-2/h2-18H,1H3;2-10H,1H3;2-6H,1H3;(H3,1,2). The number of furan rings is 1. The number of rotatable bonds is 2. The van der Waals surface area contributed by atoms with Crippen LogP contribution in [0.3, 0.4) is 0 Å². The Hall–Kier alpha value is -7.04. The molecule has 0 atom stereocenters. The van der Waals surface area contributed by atoms with E-state index in [9.17, 15) is 0 Å². The van der Waals surface area contributed by atoms with Crippen LogP contribution in [0.4, 0.5) is 0 Å². The number of para-hydroxylation sites is 1. The predicted molar refractivity (Wildman–Crippen MR) is 234 cm³/mol. The van der Waals surface area contributed by atoms with Crippen molar-refractivity contribution in [2.75, 3.05) is 0 Å². The van der Waals surface area contributed by atoms with Crippen molar-refractivity contribution in [2.24, 2.45) is 11.1 Å². The molecule has 268 valence electrons. The number of hydrogen-bond acceptors (Lipinski definition) is 3. The van der Waals surface area contributed by atoms with E-state index in [2.05, 4.69) is 190 Å². The Morgan fingerprint density at radius 1 is 0.400 bits per heavy atom. The van der Waals surface area contributed by atoms with Crippen LogP contribution in [0.25, 0.3) is 76.5 Å². The van der Waals surface area contributed by atoms with Gasteiger partial charge in [-0.25, -0.2) is 0 Å². The zero-order chi connectivity index (χ0) is 38.1. The molecule has 0 aliphatic rings. The fourth-order valence-electron chi connectivity index (χ4n) is 7.22. The Morgan fingerprint density at radius 3 is 1.45 bits per heavy atom. The normalized spacial score (nSPS) is 10.6. The average Bonchev–Trinajstić information content (AvgIpc) is 3.62. The van der Waals surface area contributed by atoms with E-state index < -0.39 is 0 Å². The van der Waals surface area contributed by atoms with Crippen molar-refractivity contribution in [3.8, 4) is 22.3 Å². The van der Waals surface area contributed by atoms with Gasteiger partial charge in [0, 0.05) is 16.2 Å². The summed E-state index contributed by atoms with van der Waals surface area (Å²) in [6.07, 6.45) is 0. The van der Waals surface area contributed by atoms with E-state index in [4.69, 9.17) is 9.95 Å². The third-order valence-corrected chi connectivity index (χ3v) is 9.78. The summed E-state index contributed by atoms with van der Waals surface area (Å²) in [5, 5.41) is 12.1. The van der Waals surface area contributed by atoms with Crippen LogP contribution in [-0.4, -0.2) is 0 Å². The van der Waals surface area contributed by atoms with Crippen LogP contribution in [0, 0.1) is 26.3 Å². The molecule has 55 heavy (non-hydrogen) atoms. The van der Waals surface area contributed by atoms with E-state index in [0.717, 1.165) is 16.6 Å². The molecule has 4 nitrogen and oxygen atoms in total. The minimum absolute atomic E-state index is 0.932. The SMILES string of the molecule is Cc1ccc(-c2ccccc2)cc1.Cc1cccc(-c2cc3c4ccccc4c4ccccc4c3c3oc4ccccc4c23)c1.Cc1ccccc1.N=NN. The molecule has 3 N–H and O–H groups in total. The molecule has 9 aromatic carbocycles. The van der Waals surface area contributed by atoms with Gasteiger partial charge in [-0.3, -0.25) is 0 Å². The third-order valence-electron chi connectivity index (χ3n) is 9.78. The number of nitrogens with one attached hydrogen (secondary N) is 1. The summed E-state index contributed by atoms with van der Waals surface area (Å²) in [6, 6.07) is 66.2. The zero-order valence-corrected chi connectivity index (χ0v) is 31.3. The Kier molecular flexibility index (Phi) is 11.1. The first kappa shape index (κ1) is 36.3. The van der Waals surface area contributed by atoms with Gasteiger partial charge in [0.1, 0.15) is 11.2 Å². The topological polar surface area (TPSA) is 75.4 Å². The highest BCUT2D eigenvalue weighted by Crippen LogP contribution is 2.46. The highest BCUT2D eigenvalue weighted by atomic mass is 16.3. The van der Waals surface area contributed by atoms with Gasteiger partial charge in [-0.05, 0) is 82.1 Å². The van der Waals surface area contributed by atoms with E-state index in [1.54, 1.807) is 0 Å². The third kappa shape index (κ3) is 7.85. The van der Waals surface area contributed by atoms with Crippen LogP contribution in [0.2, 0.25) is 0 Å². The number of nitrogens with zero attached hydrogens (tertiary/aromatic N) is 1. The van der Waals surface area contributed by atoms with Crippen LogP contribution in [0.1, 0.15) is 16.7 Å². The maximum Gasteiger partial charge on any atom is 0.144 e. The van der Waals surface area contributed by atoms with Crippen LogP contribution in [0.5, 0.6) is 0 Å². The number of hydrogen-bond donors (Lipinski definition) is 2. The van der Waals surface area contributed by atoms with Gasteiger partial charge in [-0.1, -0.05) is 198 Å². The van der Waals surface area contributed by atoms with Crippen molar-refractivity contribution in [2.45, 2.75) is 20.8 Å². The largest absolute Gasteiger partial charge is 0.455 e. The maximum atomic E-state index is 6.62. The second-order valence-corrected chi connectivity index (χ2v) is 13.6. The first-order valence-corrected chi connectivity index (χ1v) is 18.4. The van der Waals surface area contributed by atoms with Gasteiger partial charge in [0.05, 0.1) is 0 Å². The Labute approximate surface area is 322 Å². The summed E-state index contributed by atoms with van der Waals surface area (Å²) in [7, 11) is 0. The minimum atomic E-state index is 0.932. The van der Waals surface area contributed by atoms with Gasteiger partial charge in [-0.15, -0.1) is 0 Å². The molecule has 0 unspecified atom stereocenters. The quantitative estimate of drug-likeness (QED) is 0.0810. The van der Waals surface area contributed by atoms with Crippen LogP contribution in [-0.2, 0) is 0 Å². The van der Waals surface area contributed by atoms with E-state index in [1.165, 1.54) is 76.6 Å². The molecule has 1 aromatic heterocycles. The Morgan fingerprint density at radius 2 is 0.855 bits per heavy atom. The molecule has 0 saturated heterocycles. The molecule has 0 aliphatic carbocycles. The summed E-state index contributed by atoms with van der Waals surface area (Å²) < 4.78 is 6.62. The average molecular weight is 714 g/mol. The molecular weight excluding hydrogens is 671 g/mol. The van der Waals surface area contributed by atoms with Gasteiger partial charge in [0.2, 0.25) is 0 Å². The molecule has 0 amide bonds. The zero-order valence-electron chi connectivity index (χ0n) is 31.3. The van der Waals surface area contributed by atoms with Crippen molar-refractivity contribution < 1.29 is 4.42 Å². The second kappa shape index (κ2) is 16.7. The Bertz CT molecular complexity index is 2860. The summed E-state index contributed by atoms with van der Waals surface area (Å²) in [4.78, 5) is 0. The fraction of sp³-hybridized carbons (Fsp3) is 0.0588. The molecular formula is C51H43N3O. The summed E-state index contributed by atoms with van der Waals surface area (Å²) in [6.45, 7) is 6.34. The van der Waals surface area contributed by atoms with Crippen molar-refractivity contribution in [1.82, 2.24) is 0 Å². The molecule has 4 heteroatoms. The predicted octanol–water partition coefficient (Wildman–Crippen LogP) is 14.6. The first-order chi connectivity index (χ1) is 27.0. The highest BCUT2D eigenvalue weighted by Gasteiger charge is 2.20. The van der Waals surface area contributed by atoms with Crippen LogP contribution < -0.4 is 5.84 Å². The molecule has 10 aromatic rings. The number of aryl methyl sites for hydroxylation is 3. The molecule has 1 heterocycles. The van der Waals surface area contributed by atoms with Crippen LogP contribution >= 0.6 is 0 Å². The summed E-state index contributed by atoms with van der Waals surface area (Å²) in [5.74, 6) is 4.14. The van der Waals surface area contributed by atoms with Crippen molar-refractivity contribution in [1.29, 1.82) is 5.53 Å². The minimum Gasteiger partial charge on any atom is -0.455 e. The van der Waals surface area contributed by atoms with E-state index >= 15 is 0 Å². The first-order valence-electron chi connectivity index (χ1n) is 18.4. The Balaban J connectivity index is 0.000000165. The lowest BCUT2D eigenvalue weighted by Crippen LogP contribution is -1.87. The molecule has 0 saturated carbocycles. The van der Waals surface area contributed by atoms with Crippen molar-refractivity contribution in [3.05, 3.63) is 205 Å². The second-order valence-electron chi connectivity index (χ2n) is 13.6. The molecule has 10 rings (SSSR count). The van der Waals surface area contributed by atoms with Crippen LogP contribution in [0.15, 0.2) is 198 Å². The van der Waals surface area contributed by atoms with Crippen molar-refractivity contribution in [3.63, 3.8) is 0 Å². The number of fused-ring (bicyclic) bond motifs is 10. The molecule has 0 radical (unpaired) electrons. The van der Waals surface area contributed by atoms with E-state index in [1.807, 2.05) is 30.3 Å². The lowest BCUT2D eigenvalue weighted by atomic mass is 9.89. The molecule has 0 aliphatic heterocycles. The molecule has 0 fully saturated rings. The van der Waals surface area contributed by atoms with Gasteiger partial charge in [0.15, 0.2) is 0 Å². The maximum absolute atomic E-state index is 6.62.